The highest BCUT2D eigenvalue weighted by atomic mass is 32.1. The second-order valence-electron chi connectivity index (χ2n) is 6.92. The van der Waals surface area contributed by atoms with E-state index >= 15 is 0 Å². The molecule has 1 aliphatic rings. The van der Waals surface area contributed by atoms with Crippen molar-refractivity contribution < 1.29 is 4.79 Å². The Balaban J connectivity index is 1.82. The van der Waals surface area contributed by atoms with Gasteiger partial charge in [-0.2, -0.15) is 0 Å². The number of benzene rings is 3. The van der Waals surface area contributed by atoms with Crippen LogP contribution in [0.2, 0.25) is 0 Å². The summed E-state index contributed by atoms with van der Waals surface area (Å²) in [4.78, 5) is 18.1. The maximum Gasteiger partial charge on any atom is 0.274 e. The minimum atomic E-state index is -1.76. The summed E-state index contributed by atoms with van der Waals surface area (Å²) in [6.07, 6.45) is 0. The number of hydrogen-bond acceptors (Lipinski definition) is 4. The van der Waals surface area contributed by atoms with Crippen molar-refractivity contribution in [2.24, 2.45) is 10.7 Å². The lowest BCUT2D eigenvalue weighted by Crippen LogP contribution is -2.57. The predicted molar refractivity (Wildman–Crippen MR) is 121 cm³/mol. The molecule has 3 aromatic rings. The Bertz CT molecular complexity index is 1130. The molecule has 0 radical (unpaired) electrons. The molecule has 1 aliphatic heterocycles. The number of para-hydroxylation sites is 1. The van der Waals surface area contributed by atoms with Crippen LogP contribution < -0.4 is 16.4 Å². The number of rotatable bonds is 3. The number of nitrogens with two attached hydrogens (primary N) is 1. The zero-order valence-electron chi connectivity index (χ0n) is 15.8. The molecule has 4 N–H and O–H groups in total. The van der Waals surface area contributed by atoms with Gasteiger partial charge in [0.2, 0.25) is 5.66 Å². The van der Waals surface area contributed by atoms with E-state index in [0.717, 1.165) is 22.4 Å². The molecule has 3 aromatic carbocycles. The molecule has 0 aliphatic carbocycles. The number of carbonyl (C=O) groups excluding carboxylic acids is 1. The van der Waals surface area contributed by atoms with Crippen LogP contribution >= 0.6 is 12.2 Å². The first kappa shape index (κ1) is 19.0. The largest absolute Gasteiger partial charge is 0.346 e. The Morgan fingerprint density at radius 2 is 1.76 bits per heavy atom. The second kappa shape index (κ2) is 7.58. The number of aryl methyl sites for hydroxylation is 1. The van der Waals surface area contributed by atoms with Crippen molar-refractivity contribution in [3.05, 3.63) is 95.6 Å². The average molecular weight is 401 g/mol. The van der Waals surface area contributed by atoms with Crippen LogP contribution in [0.1, 0.15) is 16.7 Å². The third-order valence-corrected chi connectivity index (χ3v) is 5.15. The number of hydrogen-bond donors (Lipinski definition) is 3. The molecule has 0 spiro atoms. The first-order valence-corrected chi connectivity index (χ1v) is 9.61. The van der Waals surface area contributed by atoms with Gasteiger partial charge in [-0.15, -0.1) is 0 Å². The summed E-state index contributed by atoms with van der Waals surface area (Å²) in [5.74, 6) is -0.498. The van der Waals surface area contributed by atoms with E-state index in [-0.39, 0.29) is 4.99 Å². The maximum absolute atomic E-state index is 13.2. The number of benzodiazepines with no additional fused rings is 1. The summed E-state index contributed by atoms with van der Waals surface area (Å²) in [6.45, 7) is 1.95. The molecule has 1 atom stereocenters. The Labute approximate surface area is 174 Å². The van der Waals surface area contributed by atoms with Gasteiger partial charge in [-0.05, 0) is 30.7 Å². The molecule has 5 nitrogen and oxygen atoms in total. The van der Waals surface area contributed by atoms with E-state index in [1.165, 1.54) is 0 Å². The maximum atomic E-state index is 13.2. The van der Waals surface area contributed by atoms with Gasteiger partial charge in [0.15, 0.2) is 0 Å². The molecule has 4 rings (SSSR count). The van der Waals surface area contributed by atoms with E-state index in [1.54, 1.807) is 6.07 Å². The number of anilines is 2. The van der Waals surface area contributed by atoms with Crippen LogP contribution in [0, 0.1) is 6.92 Å². The molecule has 0 fully saturated rings. The summed E-state index contributed by atoms with van der Waals surface area (Å²) >= 11 is 5.52. The van der Waals surface area contributed by atoms with Gasteiger partial charge in [0.1, 0.15) is 4.99 Å². The third-order valence-electron chi connectivity index (χ3n) is 4.73. The predicted octanol–water partition coefficient (Wildman–Crippen LogP) is 3.88. The first-order chi connectivity index (χ1) is 14.0. The minimum absolute atomic E-state index is 0.140. The highest BCUT2D eigenvalue weighted by Crippen LogP contribution is 2.27. The van der Waals surface area contributed by atoms with E-state index in [1.807, 2.05) is 79.7 Å². The van der Waals surface area contributed by atoms with Gasteiger partial charge < -0.3 is 10.6 Å². The number of aliphatic imine (C=N–C) groups is 1. The van der Waals surface area contributed by atoms with Crippen LogP contribution in [-0.4, -0.2) is 22.3 Å². The zero-order chi connectivity index (χ0) is 20.4. The minimum Gasteiger partial charge on any atom is -0.346 e. The number of nitrogens with zero attached hydrogens (tertiary/aromatic N) is 1. The van der Waals surface area contributed by atoms with Crippen molar-refractivity contribution in [3.63, 3.8) is 0 Å². The Kier molecular flexibility index (Phi) is 4.96. The smallest absolute Gasteiger partial charge is 0.274 e. The fourth-order valence-electron chi connectivity index (χ4n) is 3.22. The number of carbonyl (C=O) groups is 1. The van der Waals surface area contributed by atoms with Gasteiger partial charge in [-0.1, -0.05) is 72.9 Å². The van der Waals surface area contributed by atoms with Crippen LogP contribution in [0.25, 0.3) is 0 Å². The zero-order valence-corrected chi connectivity index (χ0v) is 16.7. The molecule has 29 heavy (non-hydrogen) atoms. The fraction of sp³-hybridized carbons (Fsp3) is 0.0870. The Morgan fingerprint density at radius 1 is 1.03 bits per heavy atom. The van der Waals surface area contributed by atoms with Gasteiger partial charge in [-0.3, -0.25) is 10.5 Å². The van der Waals surface area contributed by atoms with Crippen LogP contribution in [-0.2, 0) is 4.79 Å². The van der Waals surface area contributed by atoms with Gasteiger partial charge in [0, 0.05) is 22.5 Å². The standard InChI is InChI=1S/C23H20N4OS/c1-15-8-7-11-17(14-15)25-21(28)23(24)22(29)26-19-13-6-5-12-18(19)20(27-23)16-9-3-2-4-10-16/h2-14H,24H2,1H3,(H,25,28)(H,26,29). The van der Waals surface area contributed by atoms with Crippen molar-refractivity contribution in [2.45, 2.75) is 12.6 Å². The van der Waals surface area contributed by atoms with Crippen LogP contribution in [0.4, 0.5) is 11.4 Å². The molecule has 0 saturated heterocycles. The van der Waals surface area contributed by atoms with Crippen LogP contribution in [0.3, 0.4) is 0 Å². The van der Waals surface area contributed by atoms with Gasteiger partial charge in [0.25, 0.3) is 5.91 Å². The Hall–Kier alpha value is -3.35. The third kappa shape index (κ3) is 3.68. The lowest BCUT2D eigenvalue weighted by Gasteiger charge is -2.24. The summed E-state index contributed by atoms with van der Waals surface area (Å²) in [6, 6.07) is 24.8. The van der Waals surface area contributed by atoms with E-state index in [2.05, 4.69) is 10.6 Å². The van der Waals surface area contributed by atoms with E-state index in [0.29, 0.717) is 11.4 Å². The van der Waals surface area contributed by atoms with Crippen molar-refractivity contribution in [2.75, 3.05) is 10.6 Å². The van der Waals surface area contributed by atoms with Gasteiger partial charge in [0.05, 0.1) is 5.71 Å². The average Bonchev–Trinajstić information content (AvgIpc) is 2.84. The van der Waals surface area contributed by atoms with Gasteiger partial charge >= 0.3 is 0 Å². The highest BCUT2D eigenvalue weighted by molar-refractivity contribution is 7.80. The molecule has 6 heteroatoms. The number of amides is 1. The molecule has 0 saturated carbocycles. The number of thiocarbonyl (C=S) groups is 1. The quantitative estimate of drug-likeness (QED) is 0.583. The topological polar surface area (TPSA) is 79.5 Å². The normalized spacial score (nSPS) is 18.1. The monoisotopic (exact) mass is 400 g/mol. The number of fused-ring (bicyclic) bond motifs is 1. The summed E-state index contributed by atoms with van der Waals surface area (Å²) in [5.41, 5.74) is 9.49. The molecular weight excluding hydrogens is 380 g/mol. The molecule has 144 valence electrons. The van der Waals surface area contributed by atoms with Gasteiger partial charge in [-0.25, -0.2) is 4.99 Å². The Morgan fingerprint density at radius 3 is 2.52 bits per heavy atom. The van der Waals surface area contributed by atoms with Crippen LogP contribution in [0.15, 0.2) is 83.9 Å². The molecule has 0 aromatic heterocycles. The number of nitrogens with one attached hydrogen (secondary N) is 2. The summed E-state index contributed by atoms with van der Waals surface area (Å²) < 4.78 is 0. The van der Waals surface area contributed by atoms with Crippen molar-refractivity contribution in [1.29, 1.82) is 0 Å². The van der Waals surface area contributed by atoms with E-state index in [9.17, 15) is 4.79 Å². The second-order valence-corrected chi connectivity index (χ2v) is 7.32. The highest BCUT2D eigenvalue weighted by Gasteiger charge is 2.41. The SMILES string of the molecule is Cc1cccc(NC(=O)C2(N)N=C(c3ccccc3)c3ccccc3NC2=S)c1. The molecule has 1 heterocycles. The molecule has 1 amide bonds. The lowest BCUT2D eigenvalue weighted by atomic mass is 10.0. The summed E-state index contributed by atoms with van der Waals surface area (Å²) in [7, 11) is 0. The van der Waals surface area contributed by atoms with Crippen molar-refractivity contribution in [3.8, 4) is 0 Å². The van der Waals surface area contributed by atoms with Crippen molar-refractivity contribution >= 4 is 40.2 Å². The molecule has 1 unspecified atom stereocenters. The van der Waals surface area contributed by atoms with E-state index < -0.39 is 11.6 Å². The van der Waals surface area contributed by atoms with E-state index in [4.69, 9.17) is 22.9 Å². The first-order valence-electron chi connectivity index (χ1n) is 9.20. The van der Waals surface area contributed by atoms with Crippen LogP contribution in [0.5, 0.6) is 0 Å². The molecular formula is C23H20N4OS. The fourth-order valence-corrected chi connectivity index (χ4v) is 3.47. The molecule has 0 bridgehead atoms. The summed E-state index contributed by atoms with van der Waals surface area (Å²) in [5, 5.41) is 5.97. The lowest BCUT2D eigenvalue weighted by molar-refractivity contribution is -0.118. The van der Waals surface area contributed by atoms with Crippen molar-refractivity contribution in [1.82, 2.24) is 0 Å².